The van der Waals surface area contributed by atoms with Crippen LogP contribution in [-0.4, -0.2) is 36.5 Å². The van der Waals surface area contributed by atoms with Crippen molar-refractivity contribution < 1.29 is 23.1 Å². The highest BCUT2D eigenvalue weighted by atomic mass is 31.2. The number of hydrogen-bond donors (Lipinski definition) is 1. The van der Waals surface area contributed by atoms with Crippen LogP contribution in [0.4, 0.5) is 0 Å². The molecule has 1 amide bonds. The van der Waals surface area contributed by atoms with Crippen LogP contribution in [0.1, 0.15) is 47.4 Å². The van der Waals surface area contributed by atoms with E-state index in [1.165, 1.54) is 0 Å². The molecule has 0 bridgehead atoms. The number of fused-ring (bicyclic) bond motifs is 1. The van der Waals surface area contributed by atoms with Crippen LogP contribution in [0.15, 0.2) is 42.5 Å². The van der Waals surface area contributed by atoms with Gasteiger partial charge in [-0.2, -0.15) is 0 Å². The maximum absolute atomic E-state index is 12.6. The number of primary amides is 1. The number of benzene rings is 2. The molecule has 0 aliphatic rings. The van der Waals surface area contributed by atoms with Gasteiger partial charge in [-0.15, -0.1) is 0 Å². The van der Waals surface area contributed by atoms with Crippen molar-refractivity contribution in [1.29, 1.82) is 0 Å². The Balaban J connectivity index is 1.85. The molecule has 178 valence electrons. The summed E-state index contributed by atoms with van der Waals surface area (Å²) in [4.78, 5) is 12.4. The lowest BCUT2D eigenvalue weighted by Crippen LogP contribution is -2.13. The van der Waals surface area contributed by atoms with Gasteiger partial charge >= 0.3 is 7.60 Å². The number of nitrogens with zero attached hydrogens (tertiary/aromatic N) is 1. The number of aromatic nitrogens is 1. The van der Waals surface area contributed by atoms with Crippen LogP contribution in [0.2, 0.25) is 0 Å². The Morgan fingerprint density at radius 2 is 1.70 bits per heavy atom. The van der Waals surface area contributed by atoms with E-state index in [4.69, 9.17) is 19.5 Å². The number of nitrogens with two attached hydrogens (primary N) is 1. The van der Waals surface area contributed by atoms with Gasteiger partial charge in [0, 0.05) is 28.7 Å². The molecule has 0 atom stereocenters. The molecule has 0 aliphatic carbocycles. The molecule has 0 saturated carbocycles. The largest absolute Gasteiger partial charge is 0.493 e. The molecular weight excluding hydrogens is 439 g/mol. The minimum atomic E-state index is -3.09. The Morgan fingerprint density at radius 3 is 2.30 bits per heavy atom. The zero-order valence-electron chi connectivity index (χ0n) is 19.8. The van der Waals surface area contributed by atoms with Crippen LogP contribution in [-0.2, 0) is 20.2 Å². The third kappa shape index (κ3) is 5.67. The standard InChI is InChI=1S/C25H33N2O5P/c1-5-31-33(29,32-6-2)16-10-15-30-22-14-13-21-23(18(22)3)24(25(26)28)19(4)27(21)17-20-11-8-7-9-12-20/h7-9,11-14H,5-6,10,15-17H2,1-4H3,(H2,26,28). The predicted molar refractivity (Wildman–Crippen MR) is 131 cm³/mol. The summed E-state index contributed by atoms with van der Waals surface area (Å²) >= 11 is 0. The van der Waals surface area contributed by atoms with Gasteiger partial charge in [0.2, 0.25) is 0 Å². The van der Waals surface area contributed by atoms with Gasteiger partial charge in [0.25, 0.3) is 5.91 Å². The van der Waals surface area contributed by atoms with Gasteiger partial charge in [0.1, 0.15) is 5.75 Å². The maximum Gasteiger partial charge on any atom is 0.330 e. The van der Waals surface area contributed by atoms with E-state index in [-0.39, 0.29) is 6.16 Å². The van der Waals surface area contributed by atoms with Gasteiger partial charge in [0.15, 0.2) is 0 Å². The Kier molecular flexibility index (Phi) is 8.35. The smallest absolute Gasteiger partial charge is 0.330 e. The summed E-state index contributed by atoms with van der Waals surface area (Å²) in [5.74, 6) is 0.212. The average molecular weight is 473 g/mol. The summed E-state index contributed by atoms with van der Waals surface area (Å²) in [6, 6.07) is 14.0. The van der Waals surface area contributed by atoms with E-state index in [2.05, 4.69) is 16.7 Å². The molecule has 0 aliphatic heterocycles. The second kappa shape index (κ2) is 11.0. The highest BCUT2D eigenvalue weighted by Gasteiger charge is 2.24. The number of rotatable bonds is 12. The lowest BCUT2D eigenvalue weighted by atomic mass is 10.0. The topological polar surface area (TPSA) is 92.8 Å². The molecular formula is C25H33N2O5P. The molecule has 7 nitrogen and oxygen atoms in total. The fourth-order valence-electron chi connectivity index (χ4n) is 4.14. The molecule has 0 unspecified atom stereocenters. The van der Waals surface area contributed by atoms with Crippen molar-refractivity contribution in [3.05, 3.63) is 64.8 Å². The highest BCUT2D eigenvalue weighted by molar-refractivity contribution is 7.53. The SMILES string of the molecule is CCOP(=O)(CCCOc1ccc2c(c1C)c(C(N)=O)c(C)n2Cc1ccccc1)OCC. The Labute approximate surface area is 195 Å². The zero-order valence-corrected chi connectivity index (χ0v) is 20.7. The molecule has 33 heavy (non-hydrogen) atoms. The van der Waals surface area contributed by atoms with Crippen LogP contribution in [0.5, 0.6) is 5.75 Å². The summed E-state index contributed by atoms with van der Waals surface area (Å²) in [5, 5.41) is 0.808. The third-order valence-corrected chi connectivity index (χ3v) is 7.78. The van der Waals surface area contributed by atoms with Crippen molar-refractivity contribution in [1.82, 2.24) is 4.57 Å². The van der Waals surface area contributed by atoms with Crippen molar-refractivity contribution in [3.8, 4) is 5.75 Å². The molecule has 3 aromatic rings. The van der Waals surface area contributed by atoms with Crippen LogP contribution in [0, 0.1) is 13.8 Å². The molecule has 3 rings (SSSR count). The monoisotopic (exact) mass is 472 g/mol. The minimum Gasteiger partial charge on any atom is -0.493 e. The summed E-state index contributed by atoms with van der Waals surface area (Å²) < 4.78 is 31.4. The van der Waals surface area contributed by atoms with E-state index < -0.39 is 13.5 Å². The van der Waals surface area contributed by atoms with Crippen molar-refractivity contribution in [2.24, 2.45) is 5.73 Å². The van der Waals surface area contributed by atoms with Gasteiger partial charge in [-0.3, -0.25) is 9.36 Å². The lowest BCUT2D eigenvalue weighted by molar-refractivity contribution is 0.100. The van der Waals surface area contributed by atoms with Crippen molar-refractivity contribution >= 4 is 24.4 Å². The number of ether oxygens (including phenoxy) is 1. The van der Waals surface area contributed by atoms with E-state index >= 15 is 0 Å². The molecule has 2 aromatic carbocycles. The van der Waals surface area contributed by atoms with Gasteiger partial charge < -0.3 is 24.1 Å². The first-order valence-electron chi connectivity index (χ1n) is 11.3. The van der Waals surface area contributed by atoms with E-state index in [0.29, 0.717) is 44.1 Å². The Bertz CT molecular complexity index is 1150. The molecule has 1 aromatic heterocycles. The van der Waals surface area contributed by atoms with Crippen molar-refractivity contribution in [3.63, 3.8) is 0 Å². The summed E-state index contributed by atoms with van der Waals surface area (Å²) in [6.07, 6.45) is 0.806. The lowest BCUT2D eigenvalue weighted by Gasteiger charge is -2.17. The molecule has 1 heterocycles. The second-order valence-corrected chi connectivity index (χ2v) is 10.0. The first-order valence-corrected chi connectivity index (χ1v) is 13.0. The molecule has 0 spiro atoms. The normalized spacial score (nSPS) is 11.8. The van der Waals surface area contributed by atoms with Gasteiger partial charge in [-0.1, -0.05) is 30.3 Å². The van der Waals surface area contributed by atoms with Crippen LogP contribution in [0.3, 0.4) is 0 Å². The molecule has 0 saturated heterocycles. The van der Waals surface area contributed by atoms with Gasteiger partial charge in [0.05, 0.1) is 31.5 Å². The average Bonchev–Trinajstić information content (AvgIpc) is 3.06. The highest BCUT2D eigenvalue weighted by Crippen LogP contribution is 2.48. The van der Waals surface area contributed by atoms with E-state index in [1.54, 1.807) is 13.8 Å². The Morgan fingerprint density at radius 1 is 1.03 bits per heavy atom. The fraction of sp³-hybridized carbons (Fsp3) is 0.400. The molecule has 0 radical (unpaired) electrons. The first-order chi connectivity index (χ1) is 15.8. The minimum absolute atomic E-state index is 0.287. The molecule has 0 fully saturated rings. The quantitative estimate of drug-likeness (QED) is 0.280. The summed E-state index contributed by atoms with van der Waals surface area (Å²) in [7, 11) is -3.09. The van der Waals surface area contributed by atoms with E-state index in [9.17, 15) is 9.36 Å². The number of amides is 1. The Hall–Kier alpha value is -2.60. The van der Waals surface area contributed by atoms with Crippen LogP contribution >= 0.6 is 7.60 Å². The van der Waals surface area contributed by atoms with Crippen LogP contribution < -0.4 is 10.5 Å². The second-order valence-electron chi connectivity index (χ2n) is 7.85. The molecule has 8 heteroatoms. The van der Waals surface area contributed by atoms with E-state index in [1.807, 2.05) is 44.2 Å². The molecule has 2 N–H and O–H groups in total. The number of carbonyl (C=O) groups is 1. The fourth-order valence-corrected chi connectivity index (χ4v) is 5.78. The maximum atomic E-state index is 12.6. The van der Waals surface area contributed by atoms with Crippen molar-refractivity contribution in [2.75, 3.05) is 26.0 Å². The number of hydrogen-bond acceptors (Lipinski definition) is 5. The van der Waals surface area contributed by atoms with Gasteiger partial charge in [-0.05, 0) is 51.8 Å². The first kappa shape index (κ1) is 25.0. The summed E-state index contributed by atoms with van der Waals surface area (Å²) in [5.41, 5.74) is 10.1. The third-order valence-electron chi connectivity index (χ3n) is 5.62. The van der Waals surface area contributed by atoms with Gasteiger partial charge in [-0.25, -0.2) is 0 Å². The number of carbonyl (C=O) groups excluding carboxylic acids is 1. The predicted octanol–water partition coefficient (Wildman–Crippen LogP) is 5.44. The van der Waals surface area contributed by atoms with Crippen molar-refractivity contribution in [2.45, 2.75) is 40.7 Å². The zero-order chi connectivity index (χ0) is 24.0. The number of aryl methyl sites for hydroxylation is 1. The van der Waals surface area contributed by atoms with Crippen LogP contribution in [0.25, 0.3) is 10.9 Å². The summed E-state index contributed by atoms with van der Waals surface area (Å²) in [6.45, 7) is 9.11. The van der Waals surface area contributed by atoms with E-state index in [0.717, 1.165) is 27.7 Å².